The largest absolute Gasteiger partial charge is 0.451 e. The van der Waals surface area contributed by atoms with Gasteiger partial charge in [0.05, 0.1) is 4.90 Å². The summed E-state index contributed by atoms with van der Waals surface area (Å²) in [6.07, 6.45) is 7.18. The monoisotopic (exact) mass is 406 g/mol. The van der Waals surface area contributed by atoms with Crippen molar-refractivity contribution >= 4 is 26.9 Å². The lowest BCUT2D eigenvalue weighted by atomic mass is 10.2. The van der Waals surface area contributed by atoms with E-state index in [4.69, 9.17) is 4.42 Å². The van der Waals surface area contributed by atoms with E-state index < -0.39 is 10.0 Å². The minimum atomic E-state index is -3.56. The van der Waals surface area contributed by atoms with E-state index >= 15 is 0 Å². The number of nitrogens with zero attached hydrogens (tertiary/aromatic N) is 1. The average Bonchev–Trinajstić information content (AvgIpc) is 3.33. The minimum absolute atomic E-state index is 0.206. The van der Waals surface area contributed by atoms with Crippen molar-refractivity contribution in [2.45, 2.75) is 69.7 Å². The quantitative estimate of drug-likeness (QED) is 0.630. The molecule has 1 aliphatic carbocycles. The van der Waals surface area contributed by atoms with Crippen LogP contribution in [0.5, 0.6) is 0 Å². The Morgan fingerprint density at radius 2 is 1.93 bits per heavy atom. The number of carbonyl (C=O) groups excluding carboxylic acids is 1. The van der Waals surface area contributed by atoms with Gasteiger partial charge in [-0.15, -0.1) is 0 Å². The van der Waals surface area contributed by atoms with Gasteiger partial charge in [0.1, 0.15) is 5.58 Å². The Morgan fingerprint density at radius 3 is 2.61 bits per heavy atom. The molecule has 7 heteroatoms. The standard InChI is InChI=1S/C21H30N2O4S/c1-3-5-8-13-23(4-2)28(25,26)18-11-12-19-16(14-18)15-20(27-19)21(24)22-17-9-6-7-10-17/h11-12,14-15,17H,3-10,13H2,1-2H3,(H,22,24). The number of benzene rings is 1. The molecule has 2 aromatic rings. The van der Waals surface area contributed by atoms with Crippen molar-refractivity contribution in [2.75, 3.05) is 13.1 Å². The Bertz CT molecular complexity index is 914. The first-order valence-corrected chi connectivity index (χ1v) is 11.7. The van der Waals surface area contributed by atoms with Crippen molar-refractivity contribution in [2.24, 2.45) is 0 Å². The molecule has 1 aromatic carbocycles. The van der Waals surface area contributed by atoms with Crippen molar-refractivity contribution < 1.29 is 17.6 Å². The fourth-order valence-electron chi connectivity index (χ4n) is 3.76. The molecule has 1 N–H and O–H groups in total. The van der Waals surface area contributed by atoms with Crippen molar-refractivity contribution in [1.82, 2.24) is 9.62 Å². The lowest BCUT2D eigenvalue weighted by molar-refractivity contribution is 0.0912. The van der Waals surface area contributed by atoms with Crippen LogP contribution in [0.3, 0.4) is 0 Å². The summed E-state index contributed by atoms with van der Waals surface area (Å²) in [4.78, 5) is 12.7. The summed E-state index contributed by atoms with van der Waals surface area (Å²) in [7, 11) is -3.56. The van der Waals surface area contributed by atoms with Crippen molar-refractivity contribution in [3.8, 4) is 0 Å². The maximum Gasteiger partial charge on any atom is 0.287 e. The number of carbonyl (C=O) groups is 1. The van der Waals surface area contributed by atoms with E-state index in [1.165, 1.54) is 4.31 Å². The SMILES string of the molecule is CCCCCN(CC)S(=O)(=O)c1ccc2oc(C(=O)NC3CCCC3)cc2c1. The molecule has 1 amide bonds. The van der Waals surface area contributed by atoms with Crippen LogP contribution in [0.25, 0.3) is 11.0 Å². The summed E-state index contributed by atoms with van der Waals surface area (Å²) in [6, 6.07) is 6.63. The molecule has 28 heavy (non-hydrogen) atoms. The molecule has 0 aliphatic heterocycles. The molecule has 0 unspecified atom stereocenters. The third kappa shape index (κ3) is 4.58. The van der Waals surface area contributed by atoms with E-state index in [0.29, 0.717) is 24.1 Å². The zero-order valence-corrected chi connectivity index (χ0v) is 17.6. The Labute approximate surface area is 167 Å². The van der Waals surface area contributed by atoms with Crippen LogP contribution in [-0.2, 0) is 10.0 Å². The predicted octanol–water partition coefficient (Wildman–Crippen LogP) is 4.31. The second-order valence-electron chi connectivity index (χ2n) is 7.47. The highest BCUT2D eigenvalue weighted by Crippen LogP contribution is 2.26. The normalized spacial score (nSPS) is 15.5. The average molecular weight is 407 g/mol. The second-order valence-corrected chi connectivity index (χ2v) is 9.41. The number of amides is 1. The number of unbranched alkanes of at least 4 members (excludes halogenated alkanes) is 2. The first-order chi connectivity index (χ1) is 13.5. The maximum atomic E-state index is 13.0. The lowest BCUT2D eigenvalue weighted by Crippen LogP contribution is -2.32. The topological polar surface area (TPSA) is 79.6 Å². The molecule has 0 bridgehead atoms. The van der Waals surface area contributed by atoms with Gasteiger partial charge in [0, 0.05) is 24.5 Å². The Balaban J connectivity index is 1.80. The summed E-state index contributed by atoms with van der Waals surface area (Å²) >= 11 is 0. The van der Waals surface area contributed by atoms with Crippen LogP contribution >= 0.6 is 0 Å². The summed E-state index contributed by atoms with van der Waals surface area (Å²) in [5, 5.41) is 3.62. The molecule has 0 saturated heterocycles. The fraction of sp³-hybridized carbons (Fsp3) is 0.571. The maximum absolute atomic E-state index is 13.0. The number of furan rings is 1. The van der Waals surface area contributed by atoms with Crippen molar-refractivity contribution in [1.29, 1.82) is 0 Å². The van der Waals surface area contributed by atoms with Crippen molar-refractivity contribution in [3.05, 3.63) is 30.0 Å². The summed E-state index contributed by atoms with van der Waals surface area (Å²) in [5.41, 5.74) is 0.518. The first-order valence-electron chi connectivity index (χ1n) is 10.3. The van der Waals surface area contributed by atoms with E-state index in [1.54, 1.807) is 24.3 Å². The molecule has 6 nitrogen and oxygen atoms in total. The van der Waals surface area contributed by atoms with Crippen LogP contribution in [0.15, 0.2) is 33.6 Å². The van der Waals surface area contributed by atoms with Crippen LogP contribution in [0.2, 0.25) is 0 Å². The number of sulfonamides is 1. The molecule has 1 fully saturated rings. The molecule has 0 spiro atoms. The third-order valence-electron chi connectivity index (χ3n) is 5.40. The molecule has 0 radical (unpaired) electrons. The van der Waals surface area contributed by atoms with Crippen LogP contribution in [-0.4, -0.2) is 37.8 Å². The van der Waals surface area contributed by atoms with Crippen LogP contribution in [0, 0.1) is 0 Å². The lowest BCUT2D eigenvalue weighted by Gasteiger charge is -2.20. The number of fused-ring (bicyclic) bond motifs is 1. The van der Waals surface area contributed by atoms with E-state index in [0.717, 1.165) is 44.9 Å². The Kier molecular flexibility index (Phi) is 6.78. The molecule has 0 atom stereocenters. The third-order valence-corrected chi connectivity index (χ3v) is 7.37. The van der Waals surface area contributed by atoms with Crippen LogP contribution in [0.1, 0.15) is 69.3 Å². The minimum Gasteiger partial charge on any atom is -0.451 e. The number of rotatable bonds is 9. The Hall–Kier alpha value is -1.86. The van der Waals surface area contributed by atoms with E-state index in [2.05, 4.69) is 12.2 Å². The molecule has 154 valence electrons. The number of nitrogens with one attached hydrogen (secondary N) is 1. The molecular formula is C21H30N2O4S. The zero-order valence-electron chi connectivity index (χ0n) is 16.7. The molecule has 1 aliphatic rings. The van der Waals surface area contributed by atoms with E-state index in [9.17, 15) is 13.2 Å². The number of hydrogen-bond donors (Lipinski definition) is 1. The van der Waals surface area contributed by atoms with Crippen molar-refractivity contribution in [3.63, 3.8) is 0 Å². The van der Waals surface area contributed by atoms with Gasteiger partial charge in [-0.3, -0.25) is 4.79 Å². The Morgan fingerprint density at radius 1 is 1.18 bits per heavy atom. The van der Waals surface area contributed by atoms with Crippen LogP contribution < -0.4 is 5.32 Å². The molecule has 1 aromatic heterocycles. The smallest absolute Gasteiger partial charge is 0.287 e. The van der Waals surface area contributed by atoms with Gasteiger partial charge in [-0.2, -0.15) is 4.31 Å². The zero-order chi connectivity index (χ0) is 20.1. The highest BCUT2D eigenvalue weighted by atomic mass is 32.2. The first kappa shape index (κ1) is 20.9. The second kappa shape index (κ2) is 9.09. The predicted molar refractivity (Wildman–Crippen MR) is 110 cm³/mol. The van der Waals surface area contributed by atoms with Gasteiger partial charge in [-0.1, -0.05) is 39.5 Å². The van der Waals surface area contributed by atoms with Gasteiger partial charge >= 0.3 is 0 Å². The summed E-state index contributed by atoms with van der Waals surface area (Å²) in [5.74, 6) is -0.00556. The van der Waals surface area contributed by atoms with Gasteiger partial charge in [-0.05, 0) is 43.5 Å². The van der Waals surface area contributed by atoms with Gasteiger partial charge in [0.25, 0.3) is 5.91 Å². The molecule has 3 rings (SSSR count). The number of hydrogen-bond acceptors (Lipinski definition) is 4. The van der Waals surface area contributed by atoms with E-state index in [-0.39, 0.29) is 22.6 Å². The molecule has 1 saturated carbocycles. The van der Waals surface area contributed by atoms with E-state index in [1.807, 2.05) is 6.92 Å². The molecule has 1 heterocycles. The fourth-order valence-corrected chi connectivity index (χ4v) is 5.28. The van der Waals surface area contributed by atoms with Gasteiger partial charge < -0.3 is 9.73 Å². The van der Waals surface area contributed by atoms with Crippen LogP contribution in [0.4, 0.5) is 0 Å². The molecular weight excluding hydrogens is 376 g/mol. The van der Waals surface area contributed by atoms with Gasteiger partial charge in [0.2, 0.25) is 10.0 Å². The summed E-state index contributed by atoms with van der Waals surface area (Å²) in [6.45, 7) is 4.90. The summed E-state index contributed by atoms with van der Waals surface area (Å²) < 4.78 is 33.1. The highest BCUT2D eigenvalue weighted by Gasteiger charge is 2.24. The highest BCUT2D eigenvalue weighted by molar-refractivity contribution is 7.89. The van der Waals surface area contributed by atoms with Gasteiger partial charge in [-0.25, -0.2) is 8.42 Å². The van der Waals surface area contributed by atoms with Gasteiger partial charge in [0.15, 0.2) is 5.76 Å².